The van der Waals surface area contributed by atoms with Crippen LogP contribution < -0.4 is 10.3 Å². The van der Waals surface area contributed by atoms with Crippen LogP contribution in [0.25, 0.3) is 0 Å². The van der Waals surface area contributed by atoms with E-state index in [0.717, 1.165) is 19.0 Å². The van der Waals surface area contributed by atoms with Gasteiger partial charge >= 0.3 is 0 Å². The van der Waals surface area contributed by atoms with Crippen LogP contribution in [0.2, 0.25) is 0 Å². The zero-order valence-corrected chi connectivity index (χ0v) is 13.4. The van der Waals surface area contributed by atoms with E-state index in [0.29, 0.717) is 11.4 Å². The van der Waals surface area contributed by atoms with Gasteiger partial charge in [-0.3, -0.25) is 15.5 Å². The van der Waals surface area contributed by atoms with E-state index < -0.39 is 4.92 Å². The number of furan rings is 1. The molecule has 0 aliphatic carbocycles. The Bertz CT molecular complexity index is 701. The maximum Gasteiger partial charge on any atom is 0.269 e. The van der Waals surface area contributed by atoms with Crippen LogP contribution >= 0.6 is 0 Å². The number of nitrogens with one attached hydrogen (secondary N) is 1. The van der Waals surface area contributed by atoms with Crippen molar-refractivity contribution in [2.24, 2.45) is 5.10 Å². The zero-order valence-electron chi connectivity index (χ0n) is 13.4. The Morgan fingerprint density at radius 3 is 2.46 bits per heavy atom. The van der Waals surface area contributed by atoms with E-state index in [-0.39, 0.29) is 5.69 Å². The standard InChI is InChI=1S/C17H20N4O3/c22-21(23)15-7-5-14(6-8-15)19-18-13-16-9-10-17(24-16)20-11-3-1-2-4-12-20/h5-10,13,19H,1-4,11-12H2/b18-13+. The monoisotopic (exact) mass is 328 g/mol. The fourth-order valence-corrected chi connectivity index (χ4v) is 2.70. The van der Waals surface area contributed by atoms with Crippen LogP contribution in [-0.4, -0.2) is 24.2 Å². The lowest BCUT2D eigenvalue weighted by molar-refractivity contribution is -0.384. The SMILES string of the molecule is O=[N+]([O-])c1ccc(N/N=C/c2ccc(N3CCCCCC3)o2)cc1. The minimum Gasteiger partial charge on any atom is -0.440 e. The first-order valence-corrected chi connectivity index (χ1v) is 8.11. The Labute approximate surface area is 140 Å². The number of nitro groups is 1. The lowest BCUT2D eigenvalue weighted by Gasteiger charge is -2.18. The van der Waals surface area contributed by atoms with Gasteiger partial charge in [-0.05, 0) is 31.0 Å². The van der Waals surface area contributed by atoms with E-state index in [1.54, 1.807) is 18.3 Å². The quantitative estimate of drug-likeness (QED) is 0.509. The number of nitro benzene ring substituents is 1. The average molecular weight is 328 g/mol. The van der Waals surface area contributed by atoms with Crippen LogP contribution in [0.15, 0.2) is 45.9 Å². The molecular weight excluding hydrogens is 308 g/mol. The summed E-state index contributed by atoms with van der Waals surface area (Å²) in [7, 11) is 0. The average Bonchev–Trinajstić information content (AvgIpc) is 2.89. The number of hydrogen-bond acceptors (Lipinski definition) is 6. The number of rotatable bonds is 5. The topological polar surface area (TPSA) is 83.9 Å². The minimum atomic E-state index is -0.430. The van der Waals surface area contributed by atoms with Crippen LogP contribution in [0.3, 0.4) is 0 Å². The molecule has 0 amide bonds. The second-order valence-corrected chi connectivity index (χ2v) is 5.75. The van der Waals surface area contributed by atoms with E-state index in [2.05, 4.69) is 15.4 Å². The molecule has 0 spiro atoms. The van der Waals surface area contributed by atoms with Crippen molar-refractivity contribution >= 4 is 23.5 Å². The summed E-state index contributed by atoms with van der Waals surface area (Å²) in [6.45, 7) is 2.07. The minimum absolute atomic E-state index is 0.0534. The van der Waals surface area contributed by atoms with Crippen molar-refractivity contribution in [2.75, 3.05) is 23.4 Å². The zero-order chi connectivity index (χ0) is 16.8. The van der Waals surface area contributed by atoms with Gasteiger partial charge < -0.3 is 9.32 Å². The summed E-state index contributed by atoms with van der Waals surface area (Å²) in [5, 5.41) is 14.7. The Balaban J connectivity index is 1.57. The van der Waals surface area contributed by atoms with Crippen molar-refractivity contribution in [3.63, 3.8) is 0 Å². The second-order valence-electron chi connectivity index (χ2n) is 5.75. The van der Waals surface area contributed by atoms with Gasteiger partial charge in [0.2, 0.25) is 0 Å². The predicted octanol–water partition coefficient (Wildman–Crippen LogP) is 4.01. The third kappa shape index (κ3) is 4.13. The van der Waals surface area contributed by atoms with Crippen molar-refractivity contribution in [1.29, 1.82) is 0 Å². The first kappa shape index (κ1) is 16.0. The Kier molecular flexibility index (Phi) is 5.10. The van der Waals surface area contributed by atoms with Gasteiger partial charge in [-0.25, -0.2) is 0 Å². The van der Waals surface area contributed by atoms with Crippen molar-refractivity contribution in [3.05, 3.63) is 52.3 Å². The van der Waals surface area contributed by atoms with E-state index in [1.807, 2.05) is 12.1 Å². The van der Waals surface area contributed by atoms with Crippen molar-refractivity contribution in [1.82, 2.24) is 0 Å². The smallest absolute Gasteiger partial charge is 0.269 e. The Morgan fingerprint density at radius 1 is 1.08 bits per heavy atom. The Hall–Kier alpha value is -2.83. The molecule has 1 aromatic heterocycles. The summed E-state index contributed by atoms with van der Waals surface area (Å²) >= 11 is 0. The molecule has 0 atom stereocenters. The number of anilines is 2. The van der Waals surface area contributed by atoms with Crippen LogP contribution in [0.5, 0.6) is 0 Å². The van der Waals surface area contributed by atoms with Gasteiger partial charge in [-0.2, -0.15) is 5.10 Å². The van der Waals surface area contributed by atoms with E-state index in [1.165, 1.54) is 37.8 Å². The molecule has 2 heterocycles. The molecule has 0 unspecified atom stereocenters. The predicted molar refractivity (Wildman–Crippen MR) is 93.7 cm³/mol. The largest absolute Gasteiger partial charge is 0.440 e. The van der Waals surface area contributed by atoms with E-state index in [4.69, 9.17) is 4.42 Å². The van der Waals surface area contributed by atoms with E-state index in [9.17, 15) is 10.1 Å². The Morgan fingerprint density at radius 2 is 1.79 bits per heavy atom. The number of hydrazone groups is 1. The third-order valence-electron chi connectivity index (χ3n) is 3.99. The van der Waals surface area contributed by atoms with Gasteiger partial charge in [-0.15, -0.1) is 0 Å². The molecule has 7 heteroatoms. The first-order valence-electron chi connectivity index (χ1n) is 8.11. The molecule has 1 aliphatic rings. The molecule has 0 bridgehead atoms. The van der Waals surface area contributed by atoms with Gasteiger partial charge in [0, 0.05) is 31.3 Å². The fraction of sp³-hybridized carbons (Fsp3) is 0.353. The molecule has 1 aliphatic heterocycles. The van der Waals surface area contributed by atoms with Gasteiger partial charge in [-0.1, -0.05) is 12.8 Å². The highest BCUT2D eigenvalue weighted by molar-refractivity contribution is 5.77. The molecule has 0 radical (unpaired) electrons. The van der Waals surface area contributed by atoms with Crippen molar-refractivity contribution < 1.29 is 9.34 Å². The van der Waals surface area contributed by atoms with Crippen LogP contribution in [0.4, 0.5) is 17.3 Å². The second kappa shape index (κ2) is 7.63. The molecule has 7 nitrogen and oxygen atoms in total. The number of nitrogens with zero attached hydrogens (tertiary/aromatic N) is 3. The third-order valence-corrected chi connectivity index (χ3v) is 3.99. The van der Waals surface area contributed by atoms with Crippen molar-refractivity contribution in [2.45, 2.75) is 25.7 Å². The molecule has 2 aromatic rings. The maximum atomic E-state index is 10.6. The fourth-order valence-electron chi connectivity index (χ4n) is 2.70. The lowest BCUT2D eigenvalue weighted by Crippen LogP contribution is -2.23. The summed E-state index contributed by atoms with van der Waals surface area (Å²) < 4.78 is 5.81. The summed E-state index contributed by atoms with van der Waals surface area (Å²) in [6.07, 6.45) is 6.57. The molecule has 1 aromatic carbocycles. The summed E-state index contributed by atoms with van der Waals surface area (Å²) in [5.74, 6) is 1.55. The normalized spacial score (nSPS) is 15.4. The highest BCUT2D eigenvalue weighted by Gasteiger charge is 2.12. The number of non-ortho nitro benzene ring substituents is 1. The summed E-state index contributed by atoms with van der Waals surface area (Å²) in [5.41, 5.74) is 3.56. The van der Waals surface area contributed by atoms with E-state index >= 15 is 0 Å². The summed E-state index contributed by atoms with van der Waals surface area (Å²) in [6, 6.07) is 9.95. The van der Waals surface area contributed by atoms with Crippen LogP contribution in [-0.2, 0) is 0 Å². The van der Waals surface area contributed by atoms with Gasteiger partial charge in [0.1, 0.15) is 5.76 Å². The van der Waals surface area contributed by atoms with Gasteiger partial charge in [0.05, 0.1) is 16.8 Å². The molecule has 1 fully saturated rings. The first-order chi connectivity index (χ1) is 11.7. The van der Waals surface area contributed by atoms with Crippen LogP contribution in [0, 0.1) is 10.1 Å². The lowest BCUT2D eigenvalue weighted by atomic mass is 10.2. The maximum absolute atomic E-state index is 10.6. The molecule has 1 N–H and O–H groups in total. The number of hydrogen-bond donors (Lipinski definition) is 1. The summed E-state index contributed by atoms with van der Waals surface area (Å²) in [4.78, 5) is 12.4. The molecule has 24 heavy (non-hydrogen) atoms. The van der Waals surface area contributed by atoms with Gasteiger partial charge in [0.15, 0.2) is 5.88 Å². The van der Waals surface area contributed by atoms with Gasteiger partial charge in [0.25, 0.3) is 5.69 Å². The molecule has 126 valence electrons. The van der Waals surface area contributed by atoms with Crippen molar-refractivity contribution in [3.8, 4) is 0 Å². The van der Waals surface area contributed by atoms with Crippen LogP contribution in [0.1, 0.15) is 31.4 Å². The number of benzene rings is 1. The molecule has 1 saturated heterocycles. The molecule has 3 rings (SSSR count). The molecule has 0 saturated carbocycles. The highest BCUT2D eigenvalue weighted by atomic mass is 16.6. The highest BCUT2D eigenvalue weighted by Crippen LogP contribution is 2.21. The molecular formula is C17H20N4O3.